The summed E-state index contributed by atoms with van der Waals surface area (Å²) >= 11 is 0. The van der Waals surface area contributed by atoms with Crippen molar-refractivity contribution in [2.45, 2.75) is 19.3 Å². The van der Waals surface area contributed by atoms with Gasteiger partial charge in [0, 0.05) is 29.1 Å². The number of hydrogen-bond acceptors (Lipinski definition) is 7. The number of anilines is 2. The van der Waals surface area contributed by atoms with Crippen molar-refractivity contribution in [3.63, 3.8) is 0 Å². The molecule has 0 radical (unpaired) electrons. The average Bonchev–Trinajstić information content (AvgIpc) is 2.87. The number of ketones is 1. The third-order valence-electron chi connectivity index (χ3n) is 5.99. The van der Waals surface area contributed by atoms with Gasteiger partial charge in [-0.05, 0) is 61.4 Å². The maximum Gasteiger partial charge on any atom is 0.323 e. The summed E-state index contributed by atoms with van der Waals surface area (Å²) in [7, 11) is 2.89. The van der Waals surface area contributed by atoms with Gasteiger partial charge in [0.1, 0.15) is 0 Å². The van der Waals surface area contributed by atoms with E-state index in [1.165, 1.54) is 51.5 Å². The number of methoxy groups -OCH3 is 2. The molecule has 0 saturated carbocycles. The van der Waals surface area contributed by atoms with Crippen LogP contribution in [0.1, 0.15) is 35.3 Å². The smallest absolute Gasteiger partial charge is 0.323 e. The van der Waals surface area contributed by atoms with E-state index in [4.69, 9.17) is 15.2 Å². The molecule has 192 valence electrons. The third kappa shape index (κ3) is 5.50. The zero-order valence-electron chi connectivity index (χ0n) is 20.7. The molecule has 3 rings (SSSR count). The SMILES string of the molecule is COc1cc(C(C)=O)c(C(C)(C(N)=O)c2ccc(NC(=O)Nc3ccc([N+](=O)[O-])cc3)cc2)cc1OC. The second kappa shape index (κ2) is 10.8. The van der Waals surface area contributed by atoms with Crippen LogP contribution < -0.4 is 25.8 Å². The molecule has 11 heteroatoms. The summed E-state index contributed by atoms with van der Waals surface area (Å²) in [5.74, 6) is -0.318. The standard InChI is InChI=1S/C26H26N4O7/c1-15(31)20-13-22(36-3)23(37-4)14-21(20)26(2,24(27)32)16-5-7-17(8-6-16)28-25(33)29-18-9-11-19(12-10-18)30(34)35/h5-14H,1-4H3,(H2,27,32)(H2,28,29,33). The van der Waals surface area contributed by atoms with E-state index in [1.807, 2.05) is 0 Å². The molecule has 0 aliphatic heterocycles. The van der Waals surface area contributed by atoms with Crippen LogP contribution in [0.4, 0.5) is 21.9 Å². The van der Waals surface area contributed by atoms with Crippen molar-refractivity contribution in [2.75, 3.05) is 24.9 Å². The van der Waals surface area contributed by atoms with Gasteiger partial charge in [0.05, 0.1) is 24.6 Å². The van der Waals surface area contributed by atoms with E-state index in [0.717, 1.165) is 0 Å². The lowest BCUT2D eigenvalue weighted by Crippen LogP contribution is -2.40. The van der Waals surface area contributed by atoms with E-state index in [1.54, 1.807) is 37.3 Å². The average molecular weight is 507 g/mol. The molecule has 0 fully saturated rings. The monoisotopic (exact) mass is 506 g/mol. The van der Waals surface area contributed by atoms with Crippen LogP contribution >= 0.6 is 0 Å². The Morgan fingerprint density at radius 1 is 0.892 bits per heavy atom. The molecule has 3 amide bonds. The minimum atomic E-state index is -1.42. The lowest BCUT2D eigenvalue weighted by Gasteiger charge is -2.30. The van der Waals surface area contributed by atoms with Crippen molar-refractivity contribution >= 4 is 34.8 Å². The van der Waals surface area contributed by atoms with Crippen LogP contribution in [0.2, 0.25) is 0 Å². The topological polar surface area (TPSA) is 163 Å². The number of primary amides is 1. The van der Waals surface area contributed by atoms with Gasteiger partial charge in [0.2, 0.25) is 5.91 Å². The molecular formula is C26H26N4O7. The highest BCUT2D eigenvalue weighted by atomic mass is 16.6. The summed E-state index contributed by atoms with van der Waals surface area (Å²) in [5.41, 5.74) is 6.21. The largest absolute Gasteiger partial charge is 0.493 e. The number of non-ortho nitro benzene ring substituents is 1. The zero-order chi connectivity index (χ0) is 27.3. The highest BCUT2D eigenvalue weighted by Gasteiger charge is 2.39. The molecule has 3 aromatic rings. The fourth-order valence-corrected chi connectivity index (χ4v) is 3.86. The van der Waals surface area contributed by atoms with Crippen LogP contribution in [0.5, 0.6) is 11.5 Å². The van der Waals surface area contributed by atoms with Crippen LogP contribution in [0.3, 0.4) is 0 Å². The fraction of sp³-hybridized carbons (Fsp3) is 0.192. The van der Waals surface area contributed by atoms with Crippen molar-refractivity contribution in [1.82, 2.24) is 0 Å². The molecule has 1 unspecified atom stereocenters. The Bertz CT molecular complexity index is 1350. The fourth-order valence-electron chi connectivity index (χ4n) is 3.86. The van der Waals surface area contributed by atoms with Crippen molar-refractivity contribution in [3.05, 3.63) is 87.5 Å². The van der Waals surface area contributed by atoms with Gasteiger partial charge in [-0.1, -0.05) is 12.1 Å². The molecule has 1 atom stereocenters. The highest BCUT2D eigenvalue weighted by molar-refractivity contribution is 6.02. The Labute approximate surface area is 212 Å². The summed E-state index contributed by atoms with van der Waals surface area (Å²) in [4.78, 5) is 47.9. The van der Waals surface area contributed by atoms with Crippen LogP contribution in [-0.4, -0.2) is 36.9 Å². The van der Waals surface area contributed by atoms with Crippen molar-refractivity contribution in [1.29, 1.82) is 0 Å². The third-order valence-corrected chi connectivity index (χ3v) is 5.99. The molecule has 0 heterocycles. The van der Waals surface area contributed by atoms with E-state index < -0.39 is 22.3 Å². The Balaban J connectivity index is 1.90. The number of carbonyl (C=O) groups is 3. The number of carbonyl (C=O) groups excluding carboxylic acids is 3. The molecule has 4 N–H and O–H groups in total. The number of urea groups is 1. The van der Waals surface area contributed by atoms with Crippen LogP contribution in [0.15, 0.2) is 60.7 Å². The van der Waals surface area contributed by atoms with Gasteiger partial charge in [0.15, 0.2) is 17.3 Å². The number of Topliss-reactive ketones (excluding diaryl/α,β-unsaturated/α-hetero) is 1. The number of nitro groups is 1. The Kier molecular flexibility index (Phi) is 7.76. The molecule has 0 aromatic heterocycles. The summed E-state index contributed by atoms with van der Waals surface area (Å²) < 4.78 is 10.7. The first-order chi connectivity index (χ1) is 17.5. The number of amides is 3. The minimum Gasteiger partial charge on any atom is -0.493 e. The predicted molar refractivity (Wildman–Crippen MR) is 137 cm³/mol. The van der Waals surface area contributed by atoms with Crippen LogP contribution in [0, 0.1) is 10.1 Å². The van der Waals surface area contributed by atoms with E-state index in [2.05, 4.69) is 10.6 Å². The highest BCUT2D eigenvalue weighted by Crippen LogP contribution is 2.40. The van der Waals surface area contributed by atoms with Crippen LogP contribution in [-0.2, 0) is 10.2 Å². The second-order valence-electron chi connectivity index (χ2n) is 8.26. The first kappa shape index (κ1) is 26.7. The maximum absolute atomic E-state index is 12.8. The number of benzene rings is 3. The first-order valence-corrected chi connectivity index (χ1v) is 11.0. The van der Waals surface area contributed by atoms with Crippen molar-refractivity contribution in [2.24, 2.45) is 5.73 Å². The van der Waals surface area contributed by atoms with E-state index in [-0.39, 0.29) is 17.0 Å². The van der Waals surface area contributed by atoms with E-state index in [9.17, 15) is 24.5 Å². The predicted octanol–water partition coefficient (Wildman–Crippen LogP) is 4.25. The lowest BCUT2D eigenvalue weighted by atomic mass is 9.73. The van der Waals surface area contributed by atoms with Gasteiger partial charge in [-0.25, -0.2) is 4.79 Å². The molecule has 0 spiro atoms. The molecule has 0 bridgehead atoms. The zero-order valence-corrected chi connectivity index (χ0v) is 20.7. The summed E-state index contributed by atoms with van der Waals surface area (Å²) in [6.07, 6.45) is 0. The number of rotatable bonds is 9. The molecule has 0 aliphatic carbocycles. The van der Waals surface area contributed by atoms with Gasteiger partial charge in [-0.15, -0.1) is 0 Å². The van der Waals surface area contributed by atoms with Crippen LogP contribution in [0.25, 0.3) is 0 Å². The summed E-state index contributed by atoms with van der Waals surface area (Å²) in [6.45, 7) is 2.98. The number of hydrogen-bond donors (Lipinski definition) is 3. The normalized spacial score (nSPS) is 12.1. The molecule has 3 aromatic carbocycles. The molecule has 0 saturated heterocycles. The van der Waals surface area contributed by atoms with Gasteiger partial charge < -0.3 is 25.8 Å². The molecule has 11 nitrogen and oxygen atoms in total. The summed E-state index contributed by atoms with van der Waals surface area (Å²) in [5, 5.41) is 16.0. The van der Waals surface area contributed by atoms with Crippen molar-refractivity contribution < 1.29 is 28.8 Å². The van der Waals surface area contributed by atoms with Crippen molar-refractivity contribution in [3.8, 4) is 11.5 Å². The van der Waals surface area contributed by atoms with Gasteiger partial charge in [0.25, 0.3) is 5.69 Å². The summed E-state index contributed by atoms with van der Waals surface area (Å²) in [6, 6.07) is 14.3. The minimum absolute atomic E-state index is 0.0959. The number of nitrogens with two attached hydrogens (primary N) is 1. The van der Waals surface area contributed by atoms with E-state index in [0.29, 0.717) is 34.0 Å². The second-order valence-corrected chi connectivity index (χ2v) is 8.26. The number of ether oxygens (including phenoxy) is 2. The first-order valence-electron chi connectivity index (χ1n) is 11.0. The van der Waals surface area contributed by atoms with Gasteiger partial charge >= 0.3 is 6.03 Å². The quantitative estimate of drug-likeness (QED) is 0.222. The van der Waals surface area contributed by atoms with Gasteiger partial charge in [-0.3, -0.25) is 19.7 Å². The number of nitrogens with zero attached hydrogens (tertiary/aromatic N) is 1. The number of nitro benzene ring substituents is 1. The maximum atomic E-state index is 12.8. The van der Waals surface area contributed by atoms with Gasteiger partial charge in [-0.2, -0.15) is 0 Å². The molecule has 37 heavy (non-hydrogen) atoms. The molecular weight excluding hydrogens is 480 g/mol. The Morgan fingerprint density at radius 2 is 1.38 bits per heavy atom. The Hall–Kier alpha value is -4.93. The Morgan fingerprint density at radius 3 is 1.81 bits per heavy atom. The lowest BCUT2D eigenvalue weighted by molar-refractivity contribution is -0.384. The molecule has 0 aliphatic rings. The number of nitrogens with one attached hydrogen (secondary N) is 2. The van der Waals surface area contributed by atoms with E-state index >= 15 is 0 Å².